The first-order valence-corrected chi connectivity index (χ1v) is 9.87. The lowest BCUT2D eigenvalue weighted by molar-refractivity contribution is 0.0931. The minimum atomic E-state index is -0.414. The van der Waals surface area contributed by atoms with E-state index in [2.05, 4.69) is 36.9 Å². The average molecular weight is 414 g/mol. The molecule has 0 aliphatic carbocycles. The summed E-state index contributed by atoms with van der Waals surface area (Å²) in [5.41, 5.74) is 7.01. The van der Waals surface area contributed by atoms with Crippen molar-refractivity contribution in [3.8, 4) is 5.75 Å². The van der Waals surface area contributed by atoms with Gasteiger partial charge in [0.05, 0.1) is 12.2 Å². The molecule has 0 saturated heterocycles. The number of benzene rings is 2. The molecule has 0 radical (unpaired) electrons. The Morgan fingerprint density at radius 2 is 1.62 bits per heavy atom. The Morgan fingerprint density at radius 1 is 0.966 bits per heavy atom. The zero-order valence-electron chi connectivity index (χ0n) is 17.2. The number of carbonyl (C=O) groups is 2. The molecule has 2 aromatic rings. The van der Waals surface area contributed by atoms with Gasteiger partial charge in [0.1, 0.15) is 5.75 Å². The summed E-state index contributed by atoms with van der Waals surface area (Å²) in [6.45, 7) is 8.82. The van der Waals surface area contributed by atoms with E-state index in [1.165, 1.54) is 0 Å². The monoisotopic (exact) mass is 413 g/mol. The number of amides is 2. The van der Waals surface area contributed by atoms with Gasteiger partial charge in [0.2, 0.25) is 0 Å². The molecule has 3 N–H and O–H groups in total. The predicted octanol–water partition coefficient (Wildman–Crippen LogP) is 3.72. The van der Waals surface area contributed by atoms with Crippen LogP contribution in [0.1, 0.15) is 60.4 Å². The van der Waals surface area contributed by atoms with Crippen LogP contribution in [0, 0.1) is 0 Å². The second-order valence-electron chi connectivity index (χ2n) is 7.53. The van der Waals surface area contributed by atoms with Gasteiger partial charge in [-0.3, -0.25) is 25.8 Å². The first kappa shape index (κ1) is 22.4. The first-order chi connectivity index (χ1) is 13.7. The molecule has 7 heteroatoms. The molecule has 0 spiro atoms. The largest absolute Gasteiger partial charge is 0.493 e. The summed E-state index contributed by atoms with van der Waals surface area (Å²) < 4.78 is 5.58. The van der Waals surface area contributed by atoms with Gasteiger partial charge in [-0.15, -0.1) is 0 Å². The number of hydrogen-bond acceptors (Lipinski definition) is 4. The number of ether oxygens (including phenoxy) is 1. The van der Waals surface area contributed by atoms with E-state index >= 15 is 0 Å². The minimum Gasteiger partial charge on any atom is -0.493 e. The van der Waals surface area contributed by atoms with E-state index < -0.39 is 5.91 Å². The lowest BCUT2D eigenvalue weighted by atomic mass is 9.87. The molecular formula is C22H27N3O3S. The smallest absolute Gasteiger partial charge is 0.273 e. The summed E-state index contributed by atoms with van der Waals surface area (Å²) in [7, 11) is 0. The Morgan fingerprint density at radius 3 is 2.24 bits per heavy atom. The summed E-state index contributed by atoms with van der Waals surface area (Å²) in [4.78, 5) is 24.7. The minimum absolute atomic E-state index is 0.00444. The zero-order valence-corrected chi connectivity index (χ0v) is 18.0. The van der Waals surface area contributed by atoms with Crippen molar-refractivity contribution < 1.29 is 14.3 Å². The maximum atomic E-state index is 12.4. The van der Waals surface area contributed by atoms with Crippen molar-refractivity contribution in [3.63, 3.8) is 0 Å². The van der Waals surface area contributed by atoms with Crippen molar-refractivity contribution in [2.24, 2.45) is 0 Å². The highest BCUT2D eigenvalue weighted by atomic mass is 32.1. The third-order valence-corrected chi connectivity index (χ3v) is 4.33. The number of para-hydroxylation sites is 1. The fourth-order valence-electron chi connectivity index (χ4n) is 2.50. The Hall–Kier alpha value is -2.93. The van der Waals surface area contributed by atoms with E-state index in [1.54, 1.807) is 36.4 Å². The Bertz CT molecular complexity index is 874. The molecule has 2 amide bonds. The molecule has 2 aromatic carbocycles. The SMILES string of the molecule is CCCOc1ccccc1C(=O)NNC(=S)NC(=O)c1ccc(C(C)(C)C)cc1. The van der Waals surface area contributed by atoms with Crippen molar-refractivity contribution >= 4 is 29.1 Å². The van der Waals surface area contributed by atoms with Crippen molar-refractivity contribution in [2.75, 3.05) is 6.61 Å². The van der Waals surface area contributed by atoms with Crippen molar-refractivity contribution in [1.29, 1.82) is 0 Å². The van der Waals surface area contributed by atoms with Crippen molar-refractivity contribution in [3.05, 3.63) is 65.2 Å². The second-order valence-corrected chi connectivity index (χ2v) is 7.94. The highest BCUT2D eigenvalue weighted by Gasteiger charge is 2.15. The summed E-state index contributed by atoms with van der Waals surface area (Å²) in [5, 5.41) is 2.54. The highest BCUT2D eigenvalue weighted by Crippen LogP contribution is 2.22. The Labute approximate surface area is 177 Å². The van der Waals surface area contributed by atoms with Crippen molar-refractivity contribution in [2.45, 2.75) is 39.5 Å². The number of thiocarbonyl (C=S) groups is 1. The van der Waals surface area contributed by atoms with Crippen LogP contribution in [0.25, 0.3) is 0 Å². The van der Waals surface area contributed by atoms with E-state index in [0.717, 1.165) is 12.0 Å². The molecule has 6 nitrogen and oxygen atoms in total. The van der Waals surface area contributed by atoms with Gasteiger partial charge >= 0.3 is 0 Å². The quantitative estimate of drug-likeness (QED) is 0.514. The Balaban J connectivity index is 1.91. The molecule has 0 fully saturated rings. The summed E-state index contributed by atoms with van der Waals surface area (Å²) >= 11 is 5.10. The fourth-order valence-corrected chi connectivity index (χ4v) is 2.64. The fraction of sp³-hybridized carbons (Fsp3) is 0.318. The number of hydrogen-bond donors (Lipinski definition) is 3. The van der Waals surface area contributed by atoms with E-state index in [4.69, 9.17) is 17.0 Å². The number of hydrazine groups is 1. The van der Waals surface area contributed by atoms with E-state index in [9.17, 15) is 9.59 Å². The molecule has 29 heavy (non-hydrogen) atoms. The predicted molar refractivity (Wildman–Crippen MR) is 118 cm³/mol. The summed E-state index contributed by atoms with van der Waals surface area (Å²) in [6.07, 6.45) is 0.834. The molecule has 0 unspecified atom stereocenters. The van der Waals surface area contributed by atoms with Gasteiger partial charge < -0.3 is 4.74 Å². The molecule has 0 bridgehead atoms. The van der Waals surface area contributed by atoms with Gasteiger partial charge in [0, 0.05) is 5.56 Å². The molecule has 0 aliphatic rings. The summed E-state index contributed by atoms with van der Waals surface area (Å²) in [6, 6.07) is 14.3. The maximum absolute atomic E-state index is 12.4. The first-order valence-electron chi connectivity index (χ1n) is 9.46. The summed E-state index contributed by atoms with van der Waals surface area (Å²) in [5.74, 6) is -0.283. The number of carbonyl (C=O) groups excluding carboxylic acids is 2. The van der Waals surface area contributed by atoms with Gasteiger partial charge in [-0.2, -0.15) is 0 Å². The lowest BCUT2D eigenvalue weighted by Gasteiger charge is -2.19. The molecule has 2 rings (SSSR count). The van der Waals surface area contributed by atoms with Crippen LogP contribution in [0.4, 0.5) is 0 Å². The third kappa shape index (κ3) is 6.57. The third-order valence-electron chi connectivity index (χ3n) is 4.12. The normalized spacial score (nSPS) is 10.8. The van der Waals surface area contributed by atoms with Gasteiger partial charge in [0.15, 0.2) is 5.11 Å². The van der Waals surface area contributed by atoms with E-state index in [1.807, 2.05) is 19.1 Å². The second kappa shape index (κ2) is 10.0. The van der Waals surface area contributed by atoms with E-state index in [0.29, 0.717) is 23.5 Å². The standard InChI is InChI=1S/C22H27N3O3S/c1-5-14-28-18-9-7-6-8-17(18)20(27)24-25-21(29)23-19(26)15-10-12-16(13-11-15)22(2,3)4/h6-13H,5,14H2,1-4H3,(H,24,27)(H2,23,25,26,29). The van der Waals surface area contributed by atoms with Crippen LogP contribution in [0.2, 0.25) is 0 Å². The van der Waals surface area contributed by atoms with Crippen molar-refractivity contribution in [1.82, 2.24) is 16.2 Å². The van der Waals surface area contributed by atoms with Gasteiger partial charge in [-0.05, 0) is 53.9 Å². The molecule has 154 valence electrons. The molecule has 0 saturated carbocycles. The van der Waals surface area contributed by atoms with Crippen LogP contribution in [0.3, 0.4) is 0 Å². The van der Waals surface area contributed by atoms with Crippen LogP contribution in [-0.4, -0.2) is 23.5 Å². The van der Waals surface area contributed by atoms with E-state index in [-0.39, 0.29) is 16.4 Å². The van der Waals surface area contributed by atoms with Gasteiger partial charge in [-0.25, -0.2) is 0 Å². The average Bonchev–Trinajstić information content (AvgIpc) is 2.70. The van der Waals surface area contributed by atoms with Gasteiger partial charge in [0.25, 0.3) is 11.8 Å². The molecule has 0 aromatic heterocycles. The van der Waals surface area contributed by atoms with Crippen LogP contribution < -0.4 is 20.9 Å². The molecule has 0 atom stereocenters. The Kier molecular flexibility index (Phi) is 7.73. The highest BCUT2D eigenvalue weighted by molar-refractivity contribution is 7.80. The number of rotatable bonds is 5. The molecule has 0 heterocycles. The lowest BCUT2D eigenvalue weighted by Crippen LogP contribution is -2.48. The van der Waals surface area contributed by atoms with Gasteiger partial charge in [-0.1, -0.05) is 52.0 Å². The van der Waals surface area contributed by atoms with Crippen LogP contribution in [-0.2, 0) is 5.41 Å². The zero-order chi connectivity index (χ0) is 21.4. The molecule has 0 aliphatic heterocycles. The topological polar surface area (TPSA) is 79.5 Å². The maximum Gasteiger partial charge on any atom is 0.273 e. The van der Waals surface area contributed by atoms with Crippen LogP contribution >= 0.6 is 12.2 Å². The van der Waals surface area contributed by atoms with Crippen LogP contribution in [0.15, 0.2) is 48.5 Å². The molecular weight excluding hydrogens is 386 g/mol. The number of nitrogens with one attached hydrogen (secondary N) is 3. The van der Waals surface area contributed by atoms with Crippen LogP contribution in [0.5, 0.6) is 5.75 Å².